The highest BCUT2D eigenvalue weighted by molar-refractivity contribution is 8.00. The molecule has 0 bridgehead atoms. The van der Waals surface area contributed by atoms with Gasteiger partial charge in [-0.25, -0.2) is 8.78 Å². The summed E-state index contributed by atoms with van der Waals surface area (Å²) in [5, 5.41) is 0. The molecule has 3 heteroatoms. The number of rotatable bonds is 4. The summed E-state index contributed by atoms with van der Waals surface area (Å²) in [6.45, 7) is 6.30. The second-order valence-corrected chi connectivity index (χ2v) is 2.48. The van der Waals surface area contributed by atoms with E-state index in [1.165, 1.54) is 0 Å². The van der Waals surface area contributed by atoms with Gasteiger partial charge in [-0.15, -0.1) is 0 Å². The van der Waals surface area contributed by atoms with Crippen molar-refractivity contribution in [1.82, 2.24) is 0 Å². The Morgan fingerprint density at radius 1 is 1.11 bits per heavy atom. The minimum Gasteiger partial charge on any atom is -0.231 e. The highest BCUT2D eigenvalue weighted by atomic mass is 32.2. The van der Waals surface area contributed by atoms with Gasteiger partial charge in [0.25, 0.3) is 0 Å². The summed E-state index contributed by atoms with van der Waals surface area (Å²) in [5.41, 5.74) is -2.67. The summed E-state index contributed by atoms with van der Waals surface area (Å²) in [5.74, 6) is 0. The summed E-state index contributed by atoms with van der Waals surface area (Å²) in [4.78, 5) is 0. The van der Waals surface area contributed by atoms with E-state index in [9.17, 15) is 8.78 Å². The molecule has 0 aliphatic heterocycles. The second kappa shape index (κ2) is 4.56. The molecular weight excluding hydrogens is 142 g/mol. The van der Waals surface area contributed by atoms with Gasteiger partial charge in [-0.1, -0.05) is 24.9 Å². The number of hydrogen-bond donors (Lipinski definition) is 0. The molecule has 0 rings (SSSR count). The fourth-order valence-corrected chi connectivity index (χ4v) is 0.706. The lowest BCUT2D eigenvalue weighted by atomic mass is 10.7. The molecule has 0 aromatic heterocycles. The van der Waals surface area contributed by atoms with E-state index in [2.05, 4.69) is 13.2 Å². The first-order chi connectivity index (χ1) is 4.20. The number of hydrogen-bond acceptors (Lipinski definition) is 1. The topological polar surface area (TPSA) is 0 Å². The highest BCUT2D eigenvalue weighted by Crippen LogP contribution is 2.20. The summed E-state index contributed by atoms with van der Waals surface area (Å²) in [6.07, 6.45) is 2.08. The van der Waals surface area contributed by atoms with Crippen LogP contribution in [-0.2, 0) is 0 Å². The van der Waals surface area contributed by atoms with Crippen molar-refractivity contribution in [2.45, 2.75) is 11.0 Å². The summed E-state index contributed by atoms with van der Waals surface area (Å²) >= 11 is 0.530. The van der Waals surface area contributed by atoms with E-state index < -0.39 is 11.0 Å². The maximum Gasteiger partial charge on any atom is 0.167 e. The zero-order chi connectivity index (χ0) is 7.28. The Bertz CT molecular complexity index is 91.2. The van der Waals surface area contributed by atoms with Gasteiger partial charge in [0.15, 0.2) is 11.0 Å². The lowest BCUT2D eigenvalue weighted by Crippen LogP contribution is -1.94. The van der Waals surface area contributed by atoms with Gasteiger partial charge in [-0.3, -0.25) is 0 Å². The standard InChI is InChI=1S/C6H8F2S/c1-3-5(7)9-6(8)4-2/h3-6H,1-2H2. The minimum absolute atomic E-state index is 0.530. The van der Waals surface area contributed by atoms with Crippen LogP contribution in [0, 0.1) is 0 Å². The van der Waals surface area contributed by atoms with E-state index >= 15 is 0 Å². The second-order valence-electron chi connectivity index (χ2n) is 1.31. The van der Waals surface area contributed by atoms with Gasteiger partial charge < -0.3 is 0 Å². The van der Waals surface area contributed by atoms with E-state index in [-0.39, 0.29) is 0 Å². The van der Waals surface area contributed by atoms with Crippen LogP contribution in [0.15, 0.2) is 25.3 Å². The molecule has 0 aromatic carbocycles. The van der Waals surface area contributed by atoms with Crippen LogP contribution in [0.1, 0.15) is 0 Å². The van der Waals surface area contributed by atoms with Crippen LogP contribution in [0.5, 0.6) is 0 Å². The SMILES string of the molecule is C=CC(F)SC(F)C=C. The Labute approximate surface area is 57.6 Å². The van der Waals surface area contributed by atoms with Crippen LogP contribution in [0.3, 0.4) is 0 Å². The average Bonchev–Trinajstić information content (AvgIpc) is 1.87. The Balaban J connectivity index is 3.45. The maximum absolute atomic E-state index is 12.1. The summed E-state index contributed by atoms with van der Waals surface area (Å²) < 4.78 is 24.3. The molecule has 0 nitrogen and oxygen atoms in total. The third-order valence-corrected chi connectivity index (χ3v) is 1.54. The Morgan fingerprint density at radius 3 is 1.67 bits per heavy atom. The third-order valence-electron chi connectivity index (χ3n) is 0.631. The van der Waals surface area contributed by atoms with Crippen LogP contribution in [-0.4, -0.2) is 11.0 Å². The average molecular weight is 150 g/mol. The molecule has 0 spiro atoms. The maximum atomic E-state index is 12.1. The third kappa shape index (κ3) is 4.21. The first kappa shape index (κ1) is 8.69. The molecule has 2 atom stereocenters. The zero-order valence-corrected chi connectivity index (χ0v) is 5.70. The van der Waals surface area contributed by atoms with Gasteiger partial charge in [-0.05, 0) is 12.2 Å². The van der Waals surface area contributed by atoms with Crippen molar-refractivity contribution in [2.75, 3.05) is 0 Å². The van der Waals surface area contributed by atoms with Crippen molar-refractivity contribution < 1.29 is 8.78 Å². The molecule has 0 aromatic rings. The van der Waals surface area contributed by atoms with Crippen LogP contribution < -0.4 is 0 Å². The van der Waals surface area contributed by atoms with Crippen molar-refractivity contribution in [3.05, 3.63) is 25.3 Å². The van der Waals surface area contributed by atoms with Crippen molar-refractivity contribution in [1.29, 1.82) is 0 Å². The molecule has 0 fully saturated rings. The lowest BCUT2D eigenvalue weighted by molar-refractivity contribution is 0.488. The smallest absolute Gasteiger partial charge is 0.167 e. The monoisotopic (exact) mass is 150 g/mol. The Morgan fingerprint density at radius 2 is 1.44 bits per heavy atom. The van der Waals surface area contributed by atoms with E-state index in [0.29, 0.717) is 11.8 Å². The summed E-state index contributed by atoms with van der Waals surface area (Å²) in [7, 11) is 0. The van der Waals surface area contributed by atoms with Crippen molar-refractivity contribution >= 4 is 11.8 Å². The molecule has 0 saturated heterocycles. The van der Waals surface area contributed by atoms with Gasteiger partial charge in [0.2, 0.25) is 0 Å². The fraction of sp³-hybridized carbons (Fsp3) is 0.333. The first-order valence-corrected chi connectivity index (χ1v) is 3.33. The van der Waals surface area contributed by atoms with Crippen LogP contribution >= 0.6 is 11.8 Å². The molecular formula is C6H8F2S. The molecule has 0 heterocycles. The quantitative estimate of drug-likeness (QED) is 0.555. The van der Waals surface area contributed by atoms with Gasteiger partial charge in [-0.2, -0.15) is 0 Å². The molecule has 0 N–H and O–H groups in total. The van der Waals surface area contributed by atoms with Crippen molar-refractivity contribution in [3.8, 4) is 0 Å². The van der Waals surface area contributed by atoms with Crippen molar-refractivity contribution in [3.63, 3.8) is 0 Å². The van der Waals surface area contributed by atoms with Gasteiger partial charge >= 0.3 is 0 Å². The van der Waals surface area contributed by atoms with E-state index in [4.69, 9.17) is 0 Å². The Kier molecular flexibility index (Phi) is 4.40. The number of halogens is 2. The predicted octanol–water partition coefficient (Wildman–Crippen LogP) is 2.68. The molecule has 0 aliphatic rings. The van der Waals surface area contributed by atoms with E-state index in [1.807, 2.05) is 0 Å². The van der Waals surface area contributed by atoms with E-state index in [1.54, 1.807) is 0 Å². The zero-order valence-electron chi connectivity index (χ0n) is 4.89. The normalized spacial score (nSPS) is 16.2. The van der Waals surface area contributed by atoms with E-state index in [0.717, 1.165) is 12.2 Å². The van der Waals surface area contributed by atoms with Crippen LogP contribution in [0.2, 0.25) is 0 Å². The number of thioether (sulfide) groups is 1. The molecule has 52 valence electrons. The summed E-state index contributed by atoms with van der Waals surface area (Å²) in [6, 6.07) is 0. The first-order valence-electron chi connectivity index (χ1n) is 2.39. The molecule has 9 heavy (non-hydrogen) atoms. The van der Waals surface area contributed by atoms with Gasteiger partial charge in [0.1, 0.15) is 0 Å². The largest absolute Gasteiger partial charge is 0.231 e. The molecule has 2 unspecified atom stereocenters. The molecule has 0 saturated carbocycles. The predicted molar refractivity (Wildman–Crippen MR) is 37.8 cm³/mol. The van der Waals surface area contributed by atoms with Gasteiger partial charge in [0.05, 0.1) is 0 Å². The minimum atomic E-state index is -1.34. The van der Waals surface area contributed by atoms with Crippen molar-refractivity contribution in [2.24, 2.45) is 0 Å². The van der Waals surface area contributed by atoms with Crippen LogP contribution in [0.25, 0.3) is 0 Å². The fourth-order valence-electron chi connectivity index (χ4n) is 0.235. The highest BCUT2D eigenvalue weighted by Gasteiger charge is 2.07. The molecule has 0 amide bonds. The Hall–Kier alpha value is -0.310. The molecule has 0 aliphatic carbocycles. The lowest BCUT2D eigenvalue weighted by Gasteiger charge is -2.01. The van der Waals surface area contributed by atoms with Gasteiger partial charge in [0, 0.05) is 0 Å². The van der Waals surface area contributed by atoms with Crippen LogP contribution in [0.4, 0.5) is 8.78 Å². The number of alkyl halides is 2. The molecule has 0 radical (unpaired) electrons.